The second-order valence-electron chi connectivity index (χ2n) is 6.90. The topological polar surface area (TPSA) is 137 Å². The van der Waals surface area contributed by atoms with Crippen molar-refractivity contribution >= 4 is 11.9 Å². The number of nitrogens with one attached hydrogen (secondary N) is 1. The highest BCUT2D eigenvalue weighted by molar-refractivity contribution is 5.89. The van der Waals surface area contributed by atoms with Crippen molar-refractivity contribution in [1.82, 2.24) is 9.55 Å². The number of nitrogens with zero attached hydrogens (tertiary/aromatic N) is 1. The van der Waals surface area contributed by atoms with Crippen LogP contribution in [0.1, 0.15) is 30.4 Å². The van der Waals surface area contributed by atoms with Crippen LogP contribution in [0, 0.1) is 0 Å². The number of ether oxygens (including phenoxy) is 3. The lowest BCUT2D eigenvalue weighted by molar-refractivity contribution is -0.207. The number of hydrogen-bond acceptors (Lipinski definition) is 8. The van der Waals surface area contributed by atoms with E-state index in [9.17, 15) is 24.3 Å². The number of H-pyrrole nitrogens is 1. The van der Waals surface area contributed by atoms with Crippen molar-refractivity contribution in [3.63, 3.8) is 0 Å². The molecule has 0 aliphatic carbocycles. The van der Waals surface area contributed by atoms with E-state index < -0.39 is 53.6 Å². The van der Waals surface area contributed by atoms with E-state index in [1.807, 2.05) is 4.98 Å². The molecule has 10 nitrogen and oxygen atoms in total. The molecule has 0 bridgehead atoms. The Kier molecular flexibility index (Phi) is 5.59. The summed E-state index contributed by atoms with van der Waals surface area (Å²) in [5.74, 6) is -4.77. The van der Waals surface area contributed by atoms with Crippen LogP contribution in [0.4, 0.5) is 4.39 Å². The van der Waals surface area contributed by atoms with Crippen molar-refractivity contribution < 1.29 is 33.3 Å². The summed E-state index contributed by atoms with van der Waals surface area (Å²) in [7, 11) is 0. The Morgan fingerprint density at radius 3 is 2.53 bits per heavy atom. The van der Waals surface area contributed by atoms with Gasteiger partial charge >= 0.3 is 17.6 Å². The third kappa shape index (κ3) is 3.89. The molecule has 11 heteroatoms. The molecule has 1 saturated heterocycles. The quantitative estimate of drug-likeness (QED) is 0.655. The molecule has 4 atom stereocenters. The fourth-order valence-electron chi connectivity index (χ4n) is 3.23. The van der Waals surface area contributed by atoms with Crippen molar-refractivity contribution in [1.29, 1.82) is 0 Å². The highest BCUT2D eigenvalue weighted by Crippen LogP contribution is 2.47. The summed E-state index contributed by atoms with van der Waals surface area (Å²) in [6.07, 6.45) is -2.80. The molecule has 2 heterocycles. The molecule has 2 aromatic rings. The molecule has 1 aromatic heterocycles. The number of carbonyl (C=O) groups excluding carboxylic acids is 2. The van der Waals surface area contributed by atoms with E-state index in [0.717, 1.165) is 30.7 Å². The van der Waals surface area contributed by atoms with Gasteiger partial charge in [-0.1, -0.05) is 18.2 Å². The predicted octanol–water partition coefficient (Wildman–Crippen LogP) is 0.271. The number of hydrogen-bond donors (Lipinski definition) is 2. The molecule has 0 radical (unpaired) electrons. The number of esters is 2. The minimum Gasteiger partial charge on any atom is -0.456 e. The zero-order chi connectivity index (χ0) is 22.1. The van der Waals surface area contributed by atoms with Gasteiger partial charge in [-0.15, -0.1) is 0 Å². The van der Waals surface area contributed by atoms with E-state index in [0.29, 0.717) is 0 Å². The van der Waals surface area contributed by atoms with Gasteiger partial charge in [-0.2, -0.15) is 0 Å². The Morgan fingerprint density at radius 2 is 1.93 bits per heavy atom. The Bertz CT molecular complexity index is 1070. The first-order valence-corrected chi connectivity index (χ1v) is 8.85. The highest BCUT2D eigenvalue weighted by Gasteiger charge is 2.66. The van der Waals surface area contributed by atoms with Gasteiger partial charge in [0.05, 0.1) is 5.56 Å². The van der Waals surface area contributed by atoms with Gasteiger partial charge in [-0.3, -0.25) is 19.1 Å². The number of aromatic nitrogens is 2. The van der Waals surface area contributed by atoms with E-state index in [4.69, 9.17) is 14.2 Å². The van der Waals surface area contributed by atoms with Crippen molar-refractivity contribution in [2.75, 3.05) is 6.61 Å². The Balaban J connectivity index is 1.92. The molecule has 160 valence electrons. The smallest absolute Gasteiger partial charge is 0.338 e. The van der Waals surface area contributed by atoms with E-state index in [-0.39, 0.29) is 5.56 Å². The first-order chi connectivity index (χ1) is 14.1. The minimum absolute atomic E-state index is 0.143. The lowest BCUT2D eigenvalue weighted by atomic mass is 9.94. The van der Waals surface area contributed by atoms with Crippen molar-refractivity contribution in [3.8, 4) is 0 Å². The van der Waals surface area contributed by atoms with Crippen LogP contribution in [0.25, 0.3) is 0 Å². The zero-order valence-corrected chi connectivity index (χ0v) is 16.0. The number of carbonyl (C=O) groups is 2. The number of halogens is 1. The van der Waals surface area contributed by atoms with Crippen molar-refractivity contribution in [3.05, 3.63) is 69.0 Å². The molecule has 1 aliphatic rings. The number of benzene rings is 1. The van der Waals surface area contributed by atoms with Crippen LogP contribution >= 0.6 is 0 Å². The highest BCUT2D eigenvalue weighted by atomic mass is 19.2. The molecule has 0 amide bonds. The lowest BCUT2D eigenvalue weighted by Gasteiger charge is -2.32. The maximum Gasteiger partial charge on any atom is 0.338 e. The predicted molar refractivity (Wildman–Crippen MR) is 98.2 cm³/mol. The summed E-state index contributed by atoms with van der Waals surface area (Å²) in [5.41, 5.74) is -3.64. The second kappa shape index (κ2) is 7.84. The molecule has 0 spiro atoms. The monoisotopic (exact) mass is 422 g/mol. The number of aliphatic hydroxyl groups is 1. The average Bonchev–Trinajstić information content (AvgIpc) is 2.88. The summed E-state index contributed by atoms with van der Waals surface area (Å²) in [6, 6.07) is 8.71. The lowest BCUT2D eigenvalue weighted by Crippen LogP contribution is -2.52. The molecule has 1 aliphatic heterocycles. The van der Waals surface area contributed by atoms with E-state index in [2.05, 4.69) is 0 Å². The van der Waals surface area contributed by atoms with Crippen LogP contribution in [-0.4, -0.2) is 50.8 Å². The van der Waals surface area contributed by atoms with Gasteiger partial charge in [0.2, 0.25) is 0 Å². The minimum atomic E-state index is -3.02. The second-order valence-corrected chi connectivity index (χ2v) is 6.90. The van der Waals surface area contributed by atoms with E-state index >= 15 is 4.39 Å². The number of aromatic amines is 1. The summed E-state index contributed by atoms with van der Waals surface area (Å²) in [4.78, 5) is 49.2. The SMILES string of the molecule is CC(=O)O[C@@]1(C)[C@H](n2ccc(=O)[nH]c2=O)O[C@](F)(COC(=O)c2ccccc2)[C@H]1O. The molecule has 1 aromatic carbocycles. The standard InChI is InChI=1S/C19H19FN2O8/c1-11(23)29-18(2)15(26)19(20,10-28-14(25)12-6-4-3-5-7-12)30-16(18)22-9-8-13(24)21-17(22)27/h3-9,15-16,26H,10H2,1-2H3,(H,21,24,27)/t15-,16+,18+,19+/m0/s1. The van der Waals surface area contributed by atoms with Gasteiger partial charge in [-0.25, -0.2) is 14.0 Å². The van der Waals surface area contributed by atoms with Crippen LogP contribution in [0.5, 0.6) is 0 Å². The van der Waals surface area contributed by atoms with Crippen LogP contribution in [0.15, 0.2) is 52.2 Å². The zero-order valence-electron chi connectivity index (χ0n) is 16.0. The summed E-state index contributed by atoms with van der Waals surface area (Å²) in [6.45, 7) is 1.13. The first-order valence-electron chi connectivity index (χ1n) is 8.85. The Labute approximate surface area is 168 Å². The van der Waals surface area contributed by atoms with Gasteiger partial charge in [0.25, 0.3) is 11.4 Å². The van der Waals surface area contributed by atoms with E-state index in [1.54, 1.807) is 18.2 Å². The molecule has 2 N–H and O–H groups in total. The van der Waals surface area contributed by atoms with Gasteiger partial charge in [0.15, 0.2) is 24.5 Å². The first kappa shape index (κ1) is 21.4. The van der Waals surface area contributed by atoms with Crippen LogP contribution in [-0.2, 0) is 19.0 Å². The summed E-state index contributed by atoms with van der Waals surface area (Å²) < 4.78 is 31.6. The average molecular weight is 422 g/mol. The van der Waals surface area contributed by atoms with Gasteiger partial charge < -0.3 is 19.3 Å². The molecule has 0 unspecified atom stereocenters. The van der Waals surface area contributed by atoms with Crippen molar-refractivity contribution in [2.45, 2.75) is 37.6 Å². The molecule has 30 heavy (non-hydrogen) atoms. The molecular weight excluding hydrogens is 403 g/mol. The van der Waals surface area contributed by atoms with Gasteiger partial charge in [0, 0.05) is 19.2 Å². The maximum absolute atomic E-state index is 15.5. The molecule has 3 rings (SSSR count). The van der Waals surface area contributed by atoms with Gasteiger partial charge in [0.1, 0.15) is 0 Å². The fourth-order valence-corrected chi connectivity index (χ4v) is 3.23. The maximum atomic E-state index is 15.5. The fraction of sp³-hybridized carbons (Fsp3) is 0.368. The number of alkyl halides is 1. The third-order valence-electron chi connectivity index (χ3n) is 4.63. The molecule has 1 fully saturated rings. The molecule has 0 saturated carbocycles. The Hall–Kier alpha value is -3.31. The number of rotatable bonds is 5. The van der Waals surface area contributed by atoms with Gasteiger partial charge in [-0.05, 0) is 19.1 Å². The molecular formula is C19H19FN2O8. The van der Waals surface area contributed by atoms with Crippen LogP contribution < -0.4 is 11.2 Å². The third-order valence-corrected chi connectivity index (χ3v) is 4.63. The number of aliphatic hydroxyl groups excluding tert-OH is 1. The van der Waals surface area contributed by atoms with Crippen LogP contribution in [0.2, 0.25) is 0 Å². The van der Waals surface area contributed by atoms with E-state index in [1.165, 1.54) is 12.1 Å². The normalized spacial score (nSPS) is 28.1. The van der Waals surface area contributed by atoms with Crippen molar-refractivity contribution in [2.24, 2.45) is 0 Å². The summed E-state index contributed by atoms with van der Waals surface area (Å²) in [5, 5.41) is 10.6. The van der Waals surface area contributed by atoms with Crippen LogP contribution in [0.3, 0.4) is 0 Å². The largest absolute Gasteiger partial charge is 0.456 e. The Morgan fingerprint density at radius 1 is 1.27 bits per heavy atom. The summed E-state index contributed by atoms with van der Waals surface area (Å²) >= 11 is 0.